The molecule has 5 heteroatoms. The summed E-state index contributed by atoms with van der Waals surface area (Å²) in [6.45, 7) is 0.215. The second-order valence-corrected chi connectivity index (χ2v) is 4.67. The van der Waals surface area contributed by atoms with E-state index in [1.807, 2.05) is 6.07 Å². The van der Waals surface area contributed by atoms with Crippen molar-refractivity contribution in [1.82, 2.24) is 4.98 Å². The van der Waals surface area contributed by atoms with Crippen LogP contribution in [0.4, 0.5) is 4.39 Å². The van der Waals surface area contributed by atoms with Gasteiger partial charge in [0.1, 0.15) is 6.61 Å². The number of nitrogens with zero attached hydrogens (tertiary/aromatic N) is 1. The van der Waals surface area contributed by atoms with Crippen molar-refractivity contribution in [2.75, 3.05) is 0 Å². The lowest BCUT2D eigenvalue weighted by Crippen LogP contribution is -1.98. The molecule has 2 rings (SSSR count). The third-order valence-corrected chi connectivity index (χ3v) is 2.79. The predicted molar refractivity (Wildman–Crippen MR) is 67.7 cm³/mol. The average molecular weight is 317 g/mol. The monoisotopic (exact) mass is 315 g/mol. The highest BCUT2D eigenvalue weighted by molar-refractivity contribution is 9.10. The van der Waals surface area contributed by atoms with Crippen molar-refractivity contribution in [3.05, 3.63) is 57.5 Å². The van der Waals surface area contributed by atoms with Crippen molar-refractivity contribution < 1.29 is 9.13 Å². The molecule has 0 N–H and O–H groups in total. The average Bonchev–Trinajstić information content (AvgIpc) is 2.28. The minimum Gasteiger partial charge on any atom is -0.484 e. The minimum atomic E-state index is -0.472. The summed E-state index contributed by atoms with van der Waals surface area (Å²) >= 11 is 9.14. The maximum Gasteiger partial charge on any atom is 0.174 e. The van der Waals surface area contributed by atoms with E-state index in [0.29, 0.717) is 0 Å². The quantitative estimate of drug-likeness (QED) is 0.846. The van der Waals surface area contributed by atoms with Crippen LogP contribution in [0.25, 0.3) is 0 Å². The van der Waals surface area contributed by atoms with Crippen molar-refractivity contribution in [2.45, 2.75) is 6.61 Å². The molecule has 0 amide bonds. The summed E-state index contributed by atoms with van der Waals surface area (Å²) in [4.78, 5) is 3.99. The first-order chi connectivity index (χ1) is 8.16. The summed E-state index contributed by atoms with van der Waals surface area (Å²) in [5, 5.41) is 0.257. The predicted octanol–water partition coefficient (Wildman–Crippen LogP) is 4.22. The van der Waals surface area contributed by atoms with Crippen LogP contribution >= 0.6 is 27.5 Å². The lowest BCUT2D eigenvalue weighted by molar-refractivity contribution is 0.290. The van der Waals surface area contributed by atoms with Crippen molar-refractivity contribution >= 4 is 27.5 Å². The molecule has 1 heterocycles. The van der Waals surface area contributed by atoms with E-state index in [1.165, 1.54) is 12.1 Å². The molecule has 1 aromatic heterocycles. The molecule has 0 unspecified atom stereocenters. The van der Waals surface area contributed by atoms with Crippen molar-refractivity contribution in [2.24, 2.45) is 0 Å². The van der Waals surface area contributed by atoms with Crippen molar-refractivity contribution in [3.63, 3.8) is 0 Å². The molecule has 0 atom stereocenters. The molecule has 0 aliphatic rings. The Morgan fingerprint density at radius 2 is 2.18 bits per heavy atom. The Hall–Kier alpha value is -1.13. The lowest BCUT2D eigenvalue weighted by Gasteiger charge is -2.08. The molecule has 2 nitrogen and oxygen atoms in total. The van der Waals surface area contributed by atoms with Gasteiger partial charge in [0.15, 0.2) is 11.6 Å². The summed E-state index contributed by atoms with van der Waals surface area (Å²) < 4.78 is 19.6. The zero-order valence-electron chi connectivity index (χ0n) is 8.66. The molecule has 0 spiro atoms. The van der Waals surface area contributed by atoms with Gasteiger partial charge in [-0.25, -0.2) is 4.39 Å². The molecule has 0 saturated carbocycles. The lowest BCUT2D eigenvalue weighted by atomic mass is 10.3. The van der Waals surface area contributed by atoms with Crippen LogP contribution in [0, 0.1) is 5.82 Å². The number of hydrogen-bond donors (Lipinski definition) is 0. The number of halogens is 3. The van der Waals surface area contributed by atoms with E-state index in [1.54, 1.807) is 18.5 Å². The van der Waals surface area contributed by atoms with Crippen LogP contribution < -0.4 is 4.74 Å². The SMILES string of the molecule is Fc1cccc(Cl)c1OCc1cncc(Br)c1. The van der Waals surface area contributed by atoms with E-state index >= 15 is 0 Å². The highest BCUT2D eigenvalue weighted by Gasteiger charge is 2.08. The van der Waals surface area contributed by atoms with Crippen molar-refractivity contribution in [1.29, 1.82) is 0 Å². The number of hydrogen-bond acceptors (Lipinski definition) is 2. The summed E-state index contributed by atoms with van der Waals surface area (Å²) in [5.74, 6) is -0.408. The normalized spacial score (nSPS) is 10.3. The zero-order valence-corrected chi connectivity index (χ0v) is 11.0. The summed E-state index contributed by atoms with van der Waals surface area (Å²) in [7, 11) is 0. The van der Waals surface area contributed by atoms with Crippen LogP contribution in [0.2, 0.25) is 5.02 Å². The van der Waals surface area contributed by atoms with E-state index in [4.69, 9.17) is 16.3 Å². The third-order valence-electron chi connectivity index (χ3n) is 2.06. The molecule has 0 saturated heterocycles. The topological polar surface area (TPSA) is 22.1 Å². The van der Waals surface area contributed by atoms with Gasteiger partial charge in [0.05, 0.1) is 5.02 Å². The molecule has 0 bridgehead atoms. The van der Waals surface area contributed by atoms with Gasteiger partial charge in [-0.15, -0.1) is 0 Å². The van der Waals surface area contributed by atoms with Gasteiger partial charge in [-0.05, 0) is 34.1 Å². The van der Waals surface area contributed by atoms with E-state index in [2.05, 4.69) is 20.9 Å². The molecule has 0 aliphatic heterocycles. The third kappa shape index (κ3) is 3.17. The molecular weight excluding hydrogens is 308 g/mol. The fraction of sp³-hybridized carbons (Fsp3) is 0.0833. The van der Waals surface area contributed by atoms with Gasteiger partial charge < -0.3 is 4.74 Å². The Balaban J connectivity index is 2.13. The summed E-state index contributed by atoms with van der Waals surface area (Å²) in [5.41, 5.74) is 0.832. The molecular formula is C12H8BrClFNO. The van der Waals surface area contributed by atoms with Crippen LogP contribution in [0.1, 0.15) is 5.56 Å². The van der Waals surface area contributed by atoms with Crippen LogP contribution in [0.5, 0.6) is 5.75 Å². The van der Waals surface area contributed by atoms with Gasteiger partial charge in [-0.1, -0.05) is 17.7 Å². The molecule has 0 fully saturated rings. The van der Waals surface area contributed by atoms with E-state index in [-0.39, 0.29) is 17.4 Å². The molecule has 2 aromatic rings. The fourth-order valence-electron chi connectivity index (χ4n) is 1.31. The van der Waals surface area contributed by atoms with Gasteiger partial charge >= 0.3 is 0 Å². The first-order valence-corrected chi connectivity index (χ1v) is 6.00. The standard InChI is InChI=1S/C12H8BrClFNO/c13-9-4-8(5-16-6-9)7-17-12-10(14)2-1-3-11(12)15/h1-6H,7H2. The molecule has 1 aromatic carbocycles. The molecule has 0 aliphatic carbocycles. The van der Waals surface area contributed by atoms with Crippen LogP contribution in [-0.2, 0) is 6.61 Å². The molecule has 0 radical (unpaired) electrons. The van der Waals surface area contributed by atoms with Gasteiger partial charge in [-0.3, -0.25) is 4.98 Å². The number of rotatable bonds is 3. The Bertz CT molecular complexity index is 515. The Labute approximate surface area is 112 Å². The smallest absolute Gasteiger partial charge is 0.174 e. The maximum absolute atomic E-state index is 13.4. The first-order valence-electron chi connectivity index (χ1n) is 4.83. The van der Waals surface area contributed by atoms with Gasteiger partial charge in [0.25, 0.3) is 0 Å². The number of aromatic nitrogens is 1. The molecule has 88 valence electrons. The van der Waals surface area contributed by atoms with Crippen LogP contribution in [-0.4, -0.2) is 4.98 Å². The minimum absolute atomic E-state index is 0.0640. The summed E-state index contributed by atoms with van der Waals surface area (Å²) in [6.07, 6.45) is 3.32. The van der Waals surface area contributed by atoms with Gasteiger partial charge in [0, 0.05) is 22.4 Å². The van der Waals surface area contributed by atoms with Gasteiger partial charge in [-0.2, -0.15) is 0 Å². The second kappa shape index (κ2) is 5.47. The van der Waals surface area contributed by atoms with Crippen molar-refractivity contribution in [3.8, 4) is 5.75 Å². The fourth-order valence-corrected chi connectivity index (χ4v) is 1.94. The number of ether oxygens (including phenoxy) is 1. The van der Waals surface area contributed by atoms with Crippen LogP contribution in [0.15, 0.2) is 41.1 Å². The Morgan fingerprint density at radius 1 is 1.35 bits per heavy atom. The highest BCUT2D eigenvalue weighted by Crippen LogP contribution is 2.28. The first kappa shape index (κ1) is 12.3. The number of para-hydroxylation sites is 1. The molecule has 17 heavy (non-hydrogen) atoms. The van der Waals surface area contributed by atoms with E-state index in [0.717, 1.165) is 10.0 Å². The van der Waals surface area contributed by atoms with Crippen LogP contribution in [0.3, 0.4) is 0 Å². The maximum atomic E-state index is 13.4. The van der Waals surface area contributed by atoms with Gasteiger partial charge in [0.2, 0.25) is 0 Å². The zero-order chi connectivity index (χ0) is 12.3. The Morgan fingerprint density at radius 3 is 2.88 bits per heavy atom. The summed E-state index contributed by atoms with van der Waals surface area (Å²) in [6, 6.07) is 6.27. The van der Waals surface area contributed by atoms with E-state index < -0.39 is 5.82 Å². The number of pyridine rings is 1. The van der Waals surface area contributed by atoms with E-state index in [9.17, 15) is 4.39 Å². The Kier molecular flexibility index (Phi) is 3.97. The second-order valence-electron chi connectivity index (χ2n) is 3.35. The largest absolute Gasteiger partial charge is 0.484 e. The highest BCUT2D eigenvalue weighted by atomic mass is 79.9. The number of benzene rings is 1.